The summed E-state index contributed by atoms with van der Waals surface area (Å²) in [5.41, 5.74) is 11.8. The van der Waals surface area contributed by atoms with Crippen molar-refractivity contribution in [3.63, 3.8) is 0 Å². The van der Waals surface area contributed by atoms with E-state index in [1.54, 1.807) is 0 Å². The van der Waals surface area contributed by atoms with Crippen molar-refractivity contribution >= 4 is 66.6 Å². The van der Waals surface area contributed by atoms with Gasteiger partial charge in [-0.05, 0) is 102 Å². The van der Waals surface area contributed by atoms with Crippen LogP contribution in [0.4, 0.5) is 17.1 Å². The second-order valence-corrected chi connectivity index (χ2v) is 13.5. The molecule has 2 N–H and O–H groups in total. The van der Waals surface area contributed by atoms with Crippen molar-refractivity contribution < 1.29 is 4.79 Å². The van der Waals surface area contributed by atoms with Crippen molar-refractivity contribution in [2.24, 2.45) is 0 Å². The van der Waals surface area contributed by atoms with Gasteiger partial charge in [0, 0.05) is 44.3 Å². The second kappa shape index (κ2) is 13.0. The lowest BCUT2D eigenvalue weighted by Crippen LogP contribution is -2.14. The Morgan fingerprint density at radius 3 is 1.46 bits per heavy atom. The molecule has 0 aliphatic rings. The highest BCUT2D eigenvalue weighted by Gasteiger charge is 2.19. The molecular weight excluding hydrogens is 661 g/mol. The van der Waals surface area contributed by atoms with E-state index in [0.717, 1.165) is 61.4 Å². The number of amides is 1. The Balaban J connectivity index is 1.11. The number of carbonyl (C=O) groups is 1. The highest BCUT2D eigenvalue weighted by atomic mass is 16.1. The molecule has 0 aliphatic carbocycles. The van der Waals surface area contributed by atoms with E-state index < -0.39 is 0 Å². The largest absolute Gasteiger partial charge is 0.355 e. The molecule has 0 radical (unpaired) electrons. The fourth-order valence-electron chi connectivity index (χ4n) is 7.80. The number of fused-ring (bicyclic) bond motifs is 6. The number of nitrogens with zero attached hydrogens (tertiary/aromatic N) is 2. The Hall–Kier alpha value is -7.37. The number of anilines is 3. The molecule has 0 spiro atoms. The smallest absolute Gasteiger partial charge is 0.257 e. The highest BCUT2D eigenvalue weighted by Crippen LogP contribution is 2.39. The number of hydrogen-bond acceptors (Lipinski definition) is 2. The molecule has 0 aliphatic heterocycles. The topological polar surface area (TPSA) is 51.0 Å². The number of carbonyl (C=O) groups excluding carboxylic acids is 1. The molecule has 0 unspecified atom stereocenters. The van der Waals surface area contributed by atoms with E-state index in [9.17, 15) is 4.79 Å². The summed E-state index contributed by atoms with van der Waals surface area (Å²) in [7, 11) is 0. The molecule has 0 saturated carbocycles. The van der Waals surface area contributed by atoms with Crippen LogP contribution in [0, 0.1) is 0 Å². The monoisotopic (exact) mass is 694 g/mol. The molecule has 1 amide bonds. The van der Waals surface area contributed by atoms with Gasteiger partial charge >= 0.3 is 0 Å². The van der Waals surface area contributed by atoms with E-state index in [4.69, 9.17) is 0 Å². The molecule has 0 saturated heterocycles. The van der Waals surface area contributed by atoms with Crippen molar-refractivity contribution in [2.75, 3.05) is 10.6 Å². The van der Waals surface area contributed by atoms with Gasteiger partial charge in [-0.3, -0.25) is 4.79 Å². The molecule has 8 aromatic carbocycles. The lowest BCUT2D eigenvalue weighted by Gasteiger charge is -2.16. The molecule has 10 rings (SSSR count). The minimum atomic E-state index is -0.187. The molecule has 2 aromatic heterocycles. The minimum Gasteiger partial charge on any atom is -0.355 e. The predicted molar refractivity (Wildman–Crippen MR) is 225 cm³/mol. The first kappa shape index (κ1) is 31.4. The van der Waals surface area contributed by atoms with Crippen LogP contribution in [-0.4, -0.2) is 15.0 Å². The highest BCUT2D eigenvalue weighted by molar-refractivity contribution is 6.13. The normalized spacial score (nSPS) is 11.4. The van der Waals surface area contributed by atoms with Crippen LogP contribution >= 0.6 is 0 Å². The van der Waals surface area contributed by atoms with Crippen LogP contribution < -0.4 is 10.6 Å². The molecule has 5 nitrogen and oxygen atoms in total. The Labute approximate surface area is 312 Å². The Morgan fingerprint density at radius 2 is 0.870 bits per heavy atom. The Bertz CT molecular complexity index is 3000. The van der Waals surface area contributed by atoms with Gasteiger partial charge in [0.1, 0.15) is 0 Å². The molecule has 0 atom stereocenters. The van der Waals surface area contributed by atoms with Gasteiger partial charge in [-0.2, -0.15) is 0 Å². The number of nitrogens with one attached hydrogen (secondary N) is 2. The number of benzene rings is 8. The van der Waals surface area contributed by atoms with Crippen molar-refractivity contribution in [3.8, 4) is 22.5 Å². The van der Waals surface area contributed by atoms with Gasteiger partial charge < -0.3 is 19.8 Å². The maximum atomic E-state index is 14.0. The number of aromatic nitrogens is 2. The van der Waals surface area contributed by atoms with Crippen molar-refractivity contribution in [1.29, 1.82) is 0 Å². The third-order valence-electron chi connectivity index (χ3n) is 10.3. The summed E-state index contributed by atoms with van der Waals surface area (Å²) in [4.78, 5) is 14.0. The fraction of sp³-hybridized carbons (Fsp3) is 0. The molecule has 2 heterocycles. The van der Waals surface area contributed by atoms with Gasteiger partial charge in [0.2, 0.25) is 0 Å². The van der Waals surface area contributed by atoms with E-state index >= 15 is 0 Å². The second-order valence-electron chi connectivity index (χ2n) is 13.5. The fourth-order valence-corrected chi connectivity index (χ4v) is 7.80. The van der Waals surface area contributed by atoms with Crippen LogP contribution in [0.3, 0.4) is 0 Å². The van der Waals surface area contributed by atoms with Crippen LogP contribution in [0.5, 0.6) is 0 Å². The maximum absolute atomic E-state index is 14.0. The number of hydrogen-bond donors (Lipinski definition) is 2. The average molecular weight is 695 g/mol. The average Bonchev–Trinajstić information content (AvgIpc) is 3.74. The van der Waals surface area contributed by atoms with E-state index in [2.05, 4.69) is 141 Å². The first-order valence-corrected chi connectivity index (χ1v) is 18.1. The lowest BCUT2D eigenvalue weighted by atomic mass is 10.0. The predicted octanol–water partition coefficient (Wildman–Crippen LogP) is 12.5. The molecule has 10 aromatic rings. The third-order valence-corrected chi connectivity index (χ3v) is 10.3. The van der Waals surface area contributed by atoms with Crippen molar-refractivity contribution in [3.05, 3.63) is 200 Å². The summed E-state index contributed by atoms with van der Waals surface area (Å²) in [6.07, 6.45) is 0. The summed E-state index contributed by atoms with van der Waals surface area (Å²) in [5, 5.41) is 11.3. The molecule has 256 valence electrons. The molecular formula is C49H34N4O. The van der Waals surface area contributed by atoms with E-state index in [1.165, 1.54) is 21.8 Å². The summed E-state index contributed by atoms with van der Waals surface area (Å²) < 4.78 is 4.61. The third kappa shape index (κ3) is 5.38. The SMILES string of the molecule is O=C(Nc1ccccc1)c1cc(-n2c3ccccc3c3cc(-c4ccc5c(c4)c4ccccc4n5-c4ccccc4)ccc32)ccc1Nc1ccccc1. The molecule has 54 heavy (non-hydrogen) atoms. The first-order chi connectivity index (χ1) is 26.7. The summed E-state index contributed by atoms with van der Waals surface area (Å²) >= 11 is 0. The number of para-hydroxylation sites is 5. The zero-order valence-electron chi connectivity index (χ0n) is 29.3. The minimum absolute atomic E-state index is 0.187. The van der Waals surface area contributed by atoms with E-state index in [0.29, 0.717) is 5.56 Å². The molecule has 5 heteroatoms. The zero-order valence-corrected chi connectivity index (χ0v) is 29.3. The van der Waals surface area contributed by atoms with E-state index in [1.807, 2.05) is 72.8 Å². The zero-order chi connectivity index (χ0) is 36.0. The molecule has 0 bridgehead atoms. The van der Waals surface area contributed by atoms with Gasteiger partial charge in [0.05, 0.1) is 33.3 Å². The van der Waals surface area contributed by atoms with Gasteiger partial charge in [0.25, 0.3) is 5.91 Å². The van der Waals surface area contributed by atoms with Crippen LogP contribution in [0.25, 0.3) is 66.1 Å². The number of rotatable bonds is 7. The van der Waals surface area contributed by atoms with Crippen molar-refractivity contribution in [2.45, 2.75) is 0 Å². The van der Waals surface area contributed by atoms with Crippen LogP contribution in [0.2, 0.25) is 0 Å². The summed E-state index contributed by atoms with van der Waals surface area (Å²) in [6.45, 7) is 0. The van der Waals surface area contributed by atoms with Crippen LogP contribution in [-0.2, 0) is 0 Å². The van der Waals surface area contributed by atoms with Crippen LogP contribution in [0.15, 0.2) is 194 Å². The van der Waals surface area contributed by atoms with E-state index in [-0.39, 0.29) is 5.91 Å². The van der Waals surface area contributed by atoms with Gasteiger partial charge in [0.15, 0.2) is 0 Å². The van der Waals surface area contributed by atoms with Gasteiger partial charge in [-0.25, -0.2) is 0 Å². The summed E-state index contributed by atoms with van der Waals surface area (Å²) in [5.74, 6) is -0.187. The van der Waals surface area contributed by atoms with Gasteiger partial charge in [-0.1, -0.05) is 103 Å². The lowest BCUT2D eigenvalue weighted by molar-refractivity contribution is 0.102. The van der Waals surface area contributed by atoms with Gasteiger partial charge in [-0.15, -0.1) is 0 Å². The molecule has 0 fully saturated rings. The first-order valence-electron chi connectivity index (χ1n) is 18.1. The summed E-state index contributed by atoms with van der Waals surface area (Å²) in [6, 6.07) is 66.8. The Kier molecular flexibility index (Phi) is 7.55. The maximum Gasteiger partial charge on any atom is 0.257 e. The quantitative estimate of drug-likeness (QED) is 0.174. The standard InChI is InChI=1S/C49H34N4O/c54-49(51-36-16-6-2-7-17-36)43-32-38(26-27-44(43)50-35-14-4-1-5-15-35)53-46-23-13-11-21-40(46)42-31-34(25-29-48(42)53)33-24-28-47-41(30-33)39-20-10-12-22-45(39)52(47)37-18-8-3-9-19-37/h1-32,50H,(H,51,54). The van der Waals surface area contributed by atoms with Crippen LogP contribution in [0.1, 0.15) is 10.4 Å². The van der Waals surface area contributed by atoms with Crippen molar-refractivity contribution in [1.82, 2.24) is 9.13 Å². The Morgan fingerprint density at radius 1 is 0.389 bits per heavy atom.